The molecule has 8 nitrogen and oxygen atoms in total. The summed E-state index contributed by atoms with van der Waals surface area (Å²) < 4.78 is 107. The third kappa shape index (κ3) is 5.96. The topological polar surface area (TPSA) is 96.6 Å². The summed E-state index contributed by atoms with van der Waals surface area (Å²) in [6, 6.07) is 8.52. The first-order chi connectivity index (χ1) is 18.9. The largest absolute Gasteiger partial charge is 0.474 e. The standard InChI is InChI=1S/C26H23F6N3O5/c1-15-9-5-4-8-12-24(26(30,31)32,38-14-16-10-6-3-7-11-16)23-35-34-21(40-23)19-17(22(36)37-2)13-18(25(27,28)29)20(33-19)39-15/h3-7,10-11,13,15H,8-9,12,14H2,1-2H3/b5-4-/t15-,24-/m1/s1. The lowest BCUT2D eigenvalue weighted by Crippen LogP contribution is -2.45. The molecule has 1 aromatic carbocycles. The molecule has 2 aromatic heterocycles. The highest BCUT2D eigenvalue weighted by Gasteiger charge is 2.61. The number of rotatable bonds is 4. The smallest absolute Gasteiger partial charge is 0.426 e. The predicted octanol–water partition coefficient (Wildman–Crippen LogP) is 6.42. The minimum absolute atomic E-state index is 0.0509. The summed E-state index contributed by atoms with van der Waals surface area (Å²) in [5.41, 5.74) is -5.46. The van der Waals surface area contributed by atoms with Gasteiger partial charge in [0, 0.05) is 6.42 Å². The second-order valence-electron chi connectivity index (χ2n) is 8.91. The van der Waals surface area contributed by atoms with Crippen molar-refractivity contribution in [2.24, 2.45) is 0 Å². The molecule has 0 saturated heterocycles. The lowest BCUT2D eigenvalue weighted by molar-refractivity contribution is -0.299. The van der Waals surface area contributed by atoms with Crippen LogP contribution >= 0.6 is 0 Å². The Balaban J connectivity index is 1.92. The van der Waals surface area contributed by atoms with E-state index in [0.717, 1.165) is 7.11 Å². The van der Waals surface area contributed by atoms with Crippen molar-refractivity contribution in [3.8, 4) is 17.5 Å². The van der Waals surface area contributed by atoms with Gasteiger partial charge in [0.05, 0.1) is 19.3 Å². The second kappa shape index (κ2) is 11.3. The Labute approximate surface area is 224 Å². The number of carbonyl (C=O) groups excluding carboxylic acids is 1. The number of carbonyl (C=O) groups is 1. The summed E-state index contributed by atoms with van der Waals surface area (Å²) in [5.74, 6) is -3.95. The van der Waals surface area contributed by atoms with Crippen LogP contribution in [0.5, 0.6) is 5.88 Å². The van der Waals surface area contributed by atoms with E-state index in [9.17, 15) is 31.1 Å². The van der Waals surface area contributed by atoms with Gasteiger partial charge in [-0.15, -0.1) is 10.2 Å². The van der Waals surface area contributed by atoms with Crippen LogP contribution in [0.1, 0.15) is 53.6 Å². The Morgan fingerprint density at radius 2 is 1.82 bits per heavy atom. The highest BCUT2D eigenvalue weighted by Crippen LogP contribution is 2.47. The molecule has 3 aromatic rings. The van der Waals surface area contributed by atoms with Crippen LogP contribution in [0.4, 0.5) is 26.3 Å². The summed E-state index contributed by atoms with van der Waals surface area (Å²) in [7, 11) is 0.912. The first-order valence-corrected chi connectivity index (χ1v) is 12.0. The van der Waals surface area contributed by atoms with Gasteiger partial charge in [0.15, 0.2) is 0 Å². The normalized spacial score (nSPS) is 20.8. The van der Waals surface area contributed by atoms with Crippen molar-refractivity contribution in [2.75, 3.05) is 7.11 Å². The second-order valence-corrected chi connectivity index (χ2v) is 8.91. The van der Waals surface area contributed by atoms with E-state index in [0.29, 0.717) is 11.6 Å². The molecule has 1 aliphatic heterocycles. The number of pyridine rings is 1. The van der Waals surface area contributed by atoms with Crippen LogP contribution in [0.15, 0.2) is 53.0 Å². The number of hydrogen-bond acceptors (Lipinski definition) is 8. The maximum Gasteiger partial charge on any atom is 0.426 e. The molecule has 0 amide bonds. The quantitative estimate of drug-likeness (QED) is 0.201. The highest BCUT2D eigenvalue weighted by atomic mass is 19.4. The van der Waals surface area contributed by atoms with E-state index in [4.69, 9.17) is 13.9 Å². The van der Waals surface area contributed by atoms with Crippen molar-refractivity contribution in [1.29, 1.82) is 0 Å². The van der Waals surface area contributed by atoms with Gasteiger partial charge in [0.25, 0.3) is 11.8 Å². The number of esters is 1. The molecule has 0 saturated carbocycles. The Kier molecular flexibility index (Phi) is 8.19. The molecule has 14 heteroatoms. The van der Waals surface area contributed by atoms with Crippen molar-refractivity contribution in [3.63, 3.8) is 0 Å². The Morgan fingerprint density at radius 3 is 2.48 bits per heavy atom. The van der Waals surface area contributed by atoms with Gasteiger partial charge in [0.2, 0.25) is 11.5 Å². The molecule has 0 unspecified atom stereocenters. The van der Waals surface area contributed by atoms with Crippen LogP contribution in [-0.2, 0) is 27.9 Å². The van der Waals surface area contributed by atoms with Crippen molar-refractivity contribution in [1.82, 2.24) is 15.2 Å². The minimum Gasteiger partial charge on any atom is -0.474 e. The lowest BCUT2D eigenvalue weighted by atomic mass is 9.95. The van der Waals surface area contributed by atoms with Gasteiger partial charge in [-0.3, -0.25) is 0 Å². The average Bonchev–Trinajstić information content (AvgIpc) is 3.39. The van der Waals surface area contributed by atoms with Gasteiger partial charge in [-0.2, -0.15) is 26.3 Å². The van der Waals surface area contributed by atoms with Gasteiger partial charge in [-0.25, -0.2) is 9.78 Å². The third-order valence-corrected chi connectivity index (χ3v) is 6.07. The number of benzene rings is 1. The first kappa shape index (κ1) is 29.1. The van der Waals surface area contributed by atoms with Crippen LogP contribution in [-0.4, -0.2) is 40.5 Å². The number of aromatic nitrogens is 3. The number of halogens is 6. The van der Waals surface area contributed by atoms with Crippen LogP contribution < -0.4 is 4.74 Å². The van der Waals surface area contributed by atoms with Gasteiger partial charge >= 0.3 is 18.3 Å². The SMILES string of the molecule is COC(=O)c1cc(C(F)(F)F)c2nc1-c1nnc(o1)[C@@](OCc1ccccc1)(C(F)(F)F)CC/C=C\C[C@@H](C)O2. The number of nitrogens with zero attached hydrogens (tertiary/aromatic N) is 3. The Morgan fingerprint density at radius 1 is 1.10 bits per heavy atom. The molecule has 0 aliphatic carbocycles. The summed E-state index contributed by atoms with van der Waals surface area (Å²) >= 11 is 0. The zero-order chi connectivity index (χ0) is 29.1. The fourth-order valence-corrected chi connectivity index (χ4v) is 4.00. The number of allylic oxidation sites excluding steroid dienone is 1. The van der Waals surface area contributed by atoms with Crippen LogP contribution in [0.25, 0.3) is 11.6 Å². The molecule has 0 spiro atoms. The molecular formula is C26H23F6N3O5. The molecule has 4 bridgehead atoms. The molecule has 4 rings (SSSR count). The predicted molar refractivity (Wildman–Crippen MR) is 126 cm³/mol. The lowest BCUT2D eigenvalue weighted by Gasteiger charge is -2.32. The van der Waals surface area contributed by atoms with E-state index in [1.54, 1.807) is 30.3 Å². The fourth-order valence-electron chi connectivity index (χ4n) is 4.00. The fraction of sp³-hybridized carbons (Fsp3) is 0.385. The molecule has 0 fully saturated rings. The van der Waals surface area contributed by atoms with E-state index >= 15 is 0 Å². The first-order valence-electron chi connectivity index (χ1n) is 12.0. The van der Waals surface area contributed by atoms with Gasteiger partial charge in [0.1, 0.15) is 17.4 Å². The average molecular weight is 571 g/mol. The third-order valence-electron chi connectivity index (χ3n) is 6.07. The van der Waals surface area contributed by atoms with Crippen LogP contribution in [0.2, 0.25) is 0 Å². The number of alkyl halides is 6. The van der Waals surface area contributed by atoms with Gasteiger partial charge in [-0.1, -0.05) is 42.5 Å². The molecule has 3 heterocycles. The molecular weight excluding hydrogens is 548 g/mol. The molecule has 214 valence electrons. The molecule has 0 N–H and O–H groups in total. The summed E-state index contributed by atoms with van der Waals surface area (Å²) in [6.07, 6.45) is -8.79. The van der Waals surface area contributed by atoms with Crippen molar-refractivity contribution in [3.05, 3.63) is 71.1 Å². The maximum atomic E-state index is 14.8. The number of hydrogen-bond donors (Lipinski definition) is 0. The Bertz CT molecular complexity index is 1370. The summed E-state index contributed by atoms with van der Waals surface area (Å²) in [5, 5.41) is 7.18. The molecule has 2 atom stereocenters. The molecule has 40 heavy (non-hydrogen) atoms. The number of fused-ring (bicyclic) bond motifs is 5. The van der Waals surface area contributed by atoms with Crippen molar-refractivity contribution < 1.29 is 49.8 Å². The van der Waals surface area contributed by atoms with Crippen LogP contribution in [0.3, 0.4) is 0 Å². The van der Waals surface area contributed by atoms with E-state index < -0.39 is 77.5 Å². The van der Waals surface area contributed by atoms with E-state index in [-0.39, 0.29) is 12.8 Å². The monoisotopic (exact) mass is 571 g/mol. The van der Waals surface area contributed by atoms with Gasteiger partial charge in [-0.05, 0) is 31.4 Å². The minimum atomic E-state index is -5.06. The van der Waals surface area contributed by atoms with E-state index in [2.05, 4.69) is 19.9 Å². The van der Waals surface area contributed by atoms with Crippen LogP contribution in [0, 0.1) is 0 Å². The number of ether oxygens (including phenoxy) is 3. The van der Waals surface area contributed by atoms with E-state index in [1.165, 1.54) is 19.1 Å². The molecule has 1 aliphatic rings. The zero-order valence-electron chi connectivity index (χ0n) is 21.2. The number of methoxy groups -OCH3 is 1. The zero-order valence-corrected chi connectivity index (χ0v) is 21.2. The summed E-state index contributed by atoms with van der Waals surface area (Å²) in [4.78, 5) is 16.2. The van der Waals surface area contributed by atoms with Gasteiger partial charge < -0.3 is 18.6 Å². The Hall–Kier alpha value is -3.94. The summed E-state index contributed by atoms with van der Waals surface area (Å²) in [6.45, 7) is 0.989. The van der Waals surface area contributed by atoms with Crippen molar-refractivity contribution in [2.45, 2.75) is 56.9 Å². The molecule has 0 radical (unpaired) electrons. The maximum absolute atomic E-state index is 14.8. The van der Waals surface area contributed by atoms with Crippen molar-refractivity contribution >= 4 is 5.97 Å². The highest BCUT2D eigenvalue weighted by molar-refractivity contribution is 5.95. The van der Waals surface area contributed by atoms with E-state index in [1.807, 2.05) is 0 Å².